The van der Waals surface area contributed by atoms with Crippen molar-refractivity contribution in [2.24, 2.45) is 0 Å². The highest BCUT2D eigenvalue weighted by Crippen LogP contribution is 2.11. The fourth-order valence-corrected chi connectivity index (χ4v) is 0.892. The molecule has 0 aliphatic rings. The van der Waals surface area contributed by atoms with Crippen molar-refractivity contribution in [2.75, 3.05) is 7.11 Å². The third-order valence-corrected chi connectivity index (χ3v) is 1.52. The molecule has 12 heavy (non-hydrogen) atoms. The largest absolute Gasteiger partial charge is 0.495 e. The zero-order chi connectivity index (χ0) is 8.81. The van der Waals surface area contributed by atoms with E-state index >= 15 is 0 Å². The van der Waals surface area contributed by atoms with E-state index in [0.717, 1.165) is 17.7 Å². The van der Waals surface area contributed by atoms with E-state index in [0.29, 0.717) is 0 Å². The molecule has 0 radical (unpaired) electrons. The molecule has 0 unspecified atom stereocenters. The van der Waals surface area contributed by atoms with Crippen LogP contribution in [0.5, 0.6) is 5.75 Å². The predicted molar refractivity (Wildman–Crippen MR) is 50.1 cm³/mol. The summed E-state index contributed by atoms with van der Waals surface area (Å²) >= 11 is 0. The summed E-state index contributed by atoms with van der Waals surface area (Å²) in [6, 6.07) is 1.96. The number of aromatic nitrogens is 1. The van der Waals surface area contributed by atoms with E-state index in [1.807, 2.05) is 18.3 Å². The van der Waals surface area contributed by atoms with Gasteiger partial charge in [0.25, 0.3) is 0 Å². The van der Waals surface area contributed by atoms with Crippen molar-refractivity contribution in [3.05, 3.63) is 30.1 Å². The standard InChI is InChI=1S/C10H13NO/c1-3-4-5-9-6-10(12-2)8-11-7-9/h4-8H,3H2,1-2H3. The minimum atomic E-state index is 0.799. The maximum atomic E-state index is 5.04. The Balaban J connectivity index is 2.79. The zero-order valence-corrected chi connectivity index (χ0v) is 7.45. The number of hydrogen-bond donors (Lipinski definition) is 0. The highest BCUT2D eigenvalue weighted by molar-refractivity contribution is 5.49. The Labute approximate surface area is 72.9 Å². The number of hydrogen-bond acceptors (Lipinski definition) is 2. The van der Waals surface area contributed by atoms with Crippen LogP contribution in [0.3, 0.4) is 0 Å². The number of allylic oxidation sites excluding steroid dienone is 1. The summed E-state index contributed by atoms with van der Waals surface area (Å²) in [4.78, 5) is 4.03. The van der Waals surface area contributed by atoms with Gasteiger partial charge < -0.3 is 4.74 Å². The fourth-order valence-electron chi connectivity index (χ4n) is 0.892. The molecule has 0 aliphatic carbocycles. The second-order valence-corrected chi connectivity index (χ2v) is 2.47. The van der Waals surface area contributed by atoms with Gasteiger partial charge in [0, 0.05) is 6.20 Å². The van der Waals surface area contributed by atoms with Crippen LogP contribution in [-0.4, -0.2) is 12.1 Å². The Morgan fingerprint density at radius 1 is 1.50 bits per heavy atom. The number of methoxy groups -OCH3 is 1. The van der Waals surface area contributed by atoms with Gasteiger partial charge in [-0.25, -0.2) is 0 Å². The van der Waals surface area contributed by atoms with Crippen LogP contribution in [0.4, 0.5) is 0 Å². The molecule has 1 aromatic heterocycles. The molecule has 2 nitrogen and oxygen atoms in total. The molecule has 0 aromatic carbocycles. The second-order valence-electron chi connectivity index (χ2n) is 2.47. The number of pyridine rings is 1. The minimum Gasteiger partial charge on any atom is -0.495 e. The molecule has 1 rings (SSSR count). The lowest BCUT2D eigenvalue weighted by Gasteiger charge is -1.98. The Hall–Kier alpha value is -1.31. The molecule has 0 bridgehead atoms. The van der Waals surface area contributed by atoms with Gasteiger partial charge in [0.2, 0.25) is 0 Å². The zero-order valence-electron chi connectivity index (χ0n) is 7.45. The average molecular weight is 163 g/mol. The topological polar surface area (TPSA) is 22.1 Å². The summed E-state index contributed by atoms with van der Waals surface area (Å²) in [6.07, 6.45) is 8.68. The van der Waals surface area contributed by atoms with Gasteiger partial charge in [-0.1, -0.05) is 19.1 Å². The molecular weight excluding hydrogens is 150 g/mol. The quantitative estimate of drug-likeness (QED) is 0.683. The van der Waals surface area contributed by atoms with E-state index in [1.165, 1.54) is 0 Å². The van der Waals surface area contributed by atoms with Crippen molar-refractivity contribution < 1.29 is 4.74 Å². The molecular formula is C10H13NO. The van der Waals surface area contributed by atoms with E-state index in [-0.39, 0.29) is 0 Å². The summed E-state index contributed by atoms with van der Waals surface area (Å²) in [5.74, 6) is 0.799. The van der Waals surface area contributed by atoms with Crippen LogP contribution in [-0.2, 0) is 0 Å². The second kappa shape index (κ2) is 4.54. The molecule has 0 fully saturated rings. The molecule has 1 heterocycles. The van der Waals surface area contributed by atoms with Gasteiger partial charge in [0.1, 0.15) is 5.75 Å². The van der Waals surface area contributed by atoms with Crippen LogP contribution in [0, 0.1) is 0 Å². The van der Waals surface area contributed by atoms with E-state index < -0.39 is 0 Å². The monoisotopic (exact) mass is 163 g/mol. The van der Waals surface area contributed by atoms with Crippen molar-refractivity contribution >= 4 is 6.08 Å². The summed E-state index contributed by atoms with van der Waals surface area (Å²) in [5.41, 5.74) is 1.08. The Morgan fingerprint density at radius 3 is 3.00 bits per heavy atom. The molecule has 0 aliphatic heterocycles. The molecule has 2 heteroatoms. The number of nitrogens with zero attached hydrogens (tertiary/aromatic N) is 1. The minimum absolute atomic E-state index is 0.799. The van der Waals surface area contributed by atoms with E-state index in [9.17, 15) is 0 Å². The highest BCUT2D eigenvalue weighted by atomic mass is 16.5. The maximum absolute atomic E-state index is 5.04. The first-order chi connectivity index (χ1) is 5.86. The summed E-state index contributed by atoms with van der Waals surface area (Å²) in [6.45, 7) is 2.10. The molecule has 0 spiro atoms. The first-order valence-corrected chi connectivity index (χ1v) is 4.02. The van der Waals surface area contributed by atoms with Crippen molar-refractivity contribution in [3.8, 4) is 5.75 Å². The first-order valence-electron chi connectivity index (χ1n) is 4.02. The molecule has 64 valence electrons. The normalized spacial score (nSPS) is 10.5. The fraction of sp³-hybridized carbons (Fsp3) is 0.300. The summed E-state index contributed by atoms with van der Waals surface area (Å²) in [7, 11) is 1.64. The van der Waals surface area contributed by atoms with Crippen LogP contribution in [0.25, 0.3) is 6.08 Å². The lowest BCUT2D eigenvalue weighted by Crippen LogP contribution is -1.84. The van der Waals surface area contributed by atoms with Crippen LogP contribution in [0.1, 0.15) is 18.9 Å². The van der Waals surface area contributed by atoms with E-state index in [4.69, 9.17) is 4.74 Å². The van der Waals surface area contributed by atoms with Gasteiger partial charge >= 0.3 is 0 Å². The van der Waals surface area contributed by atoms with Crippen LogP contribution in [0.2, 0.25) is 0 Å². The van der Waals surface area contributed by atoms with E-state index in [2.05, 4.69) is 18.0 Å². The van der Waals surface area contributed by atoms with Crippen LogP contribution < -0.4 is 4.74 Å². The van der Waals surface area contributed by atoms with Gasteiger partial charge in [-0.15, -0.1) is 0 Å². The van der Waals surface area contributed by atoms with Crippen molar-refractivity contribution in [3.63, 3.8) is 0 Å². The molecule has 0 saturated carbocycles. The summed E-state index contributed by atoms with van der Waals surface area (Å²) < 4.78 is 5.04. The Kier molecular flexibility index (Phi) is 3.33. The number of ether oxygens (including phenoxy) is 1. The third-order valence-electron chi connectivity index (χ3n) is 1.52. The van der Waals surface area contributed by atoms with Crippen molar-refractivity contribution in [1.29, 1.82) is 0 Å². The third kappa shape index (κ3) is 2.38. The van der Waals surface area contributed by atoms with Gasteiger partial charge in [0.15, 0.2) is 0 Å². The van der Waals surface area contributed by atoms with Crippen LogP contribution in [0.15, 0.2) is 24.5 Å². The molecule has 1 aromatic rings. The molecule has 0 N–H and O–H groups in total. The van der Waals surface area contributed by atoms with Gasteiger partial charge in [0.05, 0.1) is 13.3 Å². The number of rotatable bonds is 3. The molecule has 0 amide bonds. The van der Waals surface area contributed by atoms with Gasteiger partial charge in [-0.05, 0) is 18.1 Å². The smallest absolute Gasteiger partial charge is 0.137 e. The summed E-state index contributed by atoms with van der Waals surface area (Å²) in [5, 5.41) is 0. The van der Waals surface area contributed by atoms with E-state index in [1.54, 1.807) is 13.3 Å². The van der Waals surface area contributed by atoms with Gasteiger partial charge in [-0.3, -0.25) is 4.98 Å². The molecule has 0 atom stereocenters. The van der Waals surface area contributed by atoms with Crippen molar-refractivity contribution in [2.45, 2.75) is 13.3 Å². The maximum Gasteiger partial charge on any atom is 0.137 e. The van der Waals surface area contributed by atoms with Gasteiger partial charge in [-0.2, -0.15) is 0 Å². The van der Waals surface area contributed by atoms with Crippen LogP contribution >= 0.6 is 0 Å². The SMILES string of the molecule is CCC=Cc1cncc(OC)c1. The van der Waals surface area contributed by atoms with Crippen molar-refractivity contribution in [1.82, 2.24) is 4.98 Å². The Morgan fingerprint density at radius 2 is 2.33 bits per heavy atom. The lowest BCUT2D eigenvalue weighted by atomic mass is 10.2. The average Bonchev–Trinajstić information content (AvgIpc) is 2.15. The lowest BCUT2D eigenvalue weighted by molar-refractivity contribution is 0.413. The Bertz CT molecular complexity index is 268. The predicted octanol–water partition coefficient (Wildman–Crippen LogP) is 2.51. The first kappa shape index (κ1) is 8.78. The highest BCUT2D eigenvalue weighted by Gasteiger charge is 1.91. The molecule has 0 saturated heterocycles.